The van der Waals surface area contributed by atoms with Gasteiger partial charge in [0.15, 0.2) is 23.0 Å². The molecule has 0 saturated carbocycles. The fraction of sp³-hybridized carbons (Fsp3) is 0.300. The number of carbonyl (C=O) groups excluding carboxylic acids is 2. The molecule has 2 aromatic rings. The van der Waals surface area contributed by atoms with E-state index in [1.165, 1.54) is 0 Å². The topological polar surface area (TPSA) is 95.1 Å². The number of amides is 2. The smallest absolute Gasteiger partial charge is 0.231 e. The lowest BCUT2D eigenvalue weighted by Crippen LogP contribution is -2.28. The number of hydrogen-bond acceptors (Lipinski definition) is 6. The number of fused-ring (bicyclic) bond motifs is 1. The van der Waals surface area contributed by atoms with E-state index in [2.05, 4.69) is 10.6 Å². The molecule has 148 valence electrons. The summed E-state index contributed by atoms with van der Waals surface area (Å²) >= 11 is 0. The Hall–Kier alpha value is -3.42. The van der Waals surface area contributed by atoms with Crippen molar-refractivity contribution >= 4 is 17.5 Å². The van der Waals surface area contributed by atoms with Crippen molar-refractivity contribution in [3.8, 4) is 23.0 Å². The van der Waals surface area contributed by atoms with Crippen LogP contribution < -0.4 is 29.6 Å². The summed E-state index contributed by atoms with van der Waals surface area (Å²) in [5.41, 5.74) is 1.41. The number of methoxy groups -OCH3 is 2. The van der Waals surface area contributed by atoms with Crippen molar-refractivity contribution in [1.82, 2.24) is 5.32 Å². The van der Waals surface area contributed by atoms with Crippen LogP contribution in [0.4, 0.5) is 5.69 Å². The maximum Gasteiger partial charge on any atom is 0.231 e. The number of ether oxygens (including phenoxy) is 4. The van der Waals surface area contributed by atoms with E-state index in [0.717, 1.165) is 5.56 Å². The molecule has 0 aliphatic carbocycles. The molecule has 0 unspecified atom stereocenters. The lowest BCUT2D eigenvalue weighted by Gasteiger charge is -2.10. The largest absolute Gasteiger partial charge is 0.493 e. The van der Waals surface area contributed by atoms with Gasteiger partial charge in [0.05, 0.1) is 20.6 Å². The predicted octanol–water partition coefficient (Wildman–Crippen LogP) is 2.12. The Morgan fingerprint density at radius 1 is 0.964 bits per heavy atom. The van der Waals surface area contributed by atoms with Gasteiger partial charge in [-0.2, -0.15) is 0 Å². The Labute approximate surface area is 162 Å². The van der Waals surface area contributed by atoms with Crippen LogP contribution in [0.25, 0.3) is 0 Å². The number of nitrogens with one attached hydrogen (secondary N) is 2. The minimum atomic E-state index is -0.203. The van der Waals surface area contributed by atoms with Crippen LogP contribution in [0.2, 0.25) is 0 Å². The molecule has 0 radical (unpaired) electrons. The normalized spacial score (nSPS) is 11.6. The second-order valence-corrected chi connectivity index (χ2v) is 6.08. The van der Waals surface area contributed by atoms with Gasteiger partial charge in [-0.05, 0) is 29.8 Å². The molecule has 2 aromatic carbocycles. The van der Waals surface area contributed by atoms with Gasteiger partial charge in [0, 0.05) is 24.7 Å². The Balaban J connectivity index is 1.43. The molecule has 0 saturated heterocycles. The summed E-state index contributed by atoms with van der Waals surface area (Å²) in [6.45, 7) is 0.418. The molecule has 1 heterocycles. The highest BCUT2D eigenvalue weighted by Gasteiger charge is 2.14. The van der Waals surface area contributed by atoms with Gasteiger partial charge in [-0.1, -0.05) is 6.07 Å². The van der Waals surface area contributed by atoms with E-state index in [0.29, 0.717) is 28.7 Å². The third kappa shape index (κ3) is 4.85. The zero-order valence-electron chi connectivity index (χ0n) is 15.7. The van der Waals surface area contributed by atoms with Crippen molar-refractivity contribution in [3.63, 3.8) is 0 Å². The van der Waals surface area contributed by atoms with E-state index >= 15 is 0 Å². The fourth-order valence-electron chi connectivity index (χ4n) is 2.75. The van der Waals surface area contributed by atoms with Crippen LogP contribution in [0.1, 0.15) is 12.0 Å². The van der Waals surface area contributed by atoms with E-state index in [9.17, 15) is 9.59 Å². The van der Waals surface area contributed by atoms with Crippen molar-refractivity contribution in [2.75, 3.05) is 32.9 Å². The lowest BCUT2D eigenvalue weighted by atomic mass is 10.1. The molecule has 0 aromatic heterocycles. The van der Waals surface area contributed by atoms with Gasteiger partial charge in [0.1, 0.15) is 0 Å². The van der Waals surface area contributed by atoms with Gasteiger partial charge in [-0.3, -0.25) is 9.59 Å². The highest BCUT2D eigenvalue weighted by molar-refractivity contribution is 5.91. The molecule has 28 heavy (non-hydrogen) atoms. The molecule has 1 aliphatic heterocycles. The molecule has 2 N–H and O–H groups in total. The zero-order chi connectivity index (χ0) is 19.9. The first kappa shape index (κ1) is 19.3. The lowest BCUT2D eigenvalue weighted by molar-refractivity contribution is -0.120. The Kier molecular flexibility index (Phi) is 6.21. The third-order valence-corrected chi connectivity index (χ3v) is 4.14. The summed E-state index contributed by atoms with van der Waals surface area (Å²) in [6.07, 6.45) is 0.344. The van der Waals surface area contributed by atoms with Gasteiger partial charge in [0.2, 0.25) is 18.6 Å². The molecule has 0 fully saturated rings. The monoisotopic (exact) mass is 386 g/mol. The number of carbonyl (C=O) groups is 2. The molecular weight excluding hydrogens is 364 g/mol. The number of rotatable bonds is 8. The van der Waals surface area contributed by atoms with Crippen molar-refractivity contribution in [3.05, 3.63) is 42.0 Å². The average Bonchev–Trinajstić information content (AvgIpc) is 3.15. The summed E-state index contributed by atoms with van der Waals surface area (Å²) in [4.78, 5) is 24.1. The van der Waals surface area contributed by atoms with Crippen molar-refractivity contribution < 1.29 is 28.5 Å². The molecule has 0 bridgehead atoms. The van der Waals surface area contributed by atoms with E-state index in [-0.39, 0.29) is 38.0 Å². The van der Waals surface area contributed by atoms with Crippen LogP contribution in [0, 0.1) is 0 Å². The summed E-state index contributed by atoms with van der Waals surface area (Å²) in [5, 5.41) is 5.51. The van der Waals surface area contributed by atoms with Gasteiger partial charge in [0.25, 0.3) is 0 Å². The number of hydrogen-bond donors (Lipinski definition) is 2. The van der Waals surface area contributed by atoms with Crippen LogP contribution in [0.3, 0.4) is 0 Å². The van der Waals surface area contributed by atoms with E-state index < -0.39 is 0 Å². The Morgan fingerprint density at radius 3 is 2.54 bits per heavy atom. The summed E-state index contributed by atoms with van der Waals surface area (Å²) in [5.74, 6) is 2.04. The highest BCUT2D eigenvalue weighted by atomic mass is 16.7. The van der Waals surface area contributed by atoms with Gasteiger partial charge in [-0.25, -0.2) is 0 Å². The first-order chi connectivity index (χ1) is 13.6. The molecule has 8 nitrogen and oxygen atoms in total. The number of anilines is 1. The molecule has 1 aliphatic rings. The Bertz CT molecular complexity index is 868. The van der Waals surface area contributed by atoms with Crippen molar-refractivity contribution in [2.45, 2.75) is 12.8 Å². The summed E-state index contributed by atoms with van der Waals surface area (Å²) in [7, 11) is 3.10. The minimum Gasteiger partial charge on any atom is -0.493 e. The van der Waals surface area contributed by atoms with Crippen molar-refractivity contribution in [2.24, 2.45) is 0 Å². The first-order valence-corrected chi connectivity index (χ1v) is 8.76. The van der Waals surface area contributed by atoms with Crippen LogP contribution in [-0.4, -0.2) is 39.4 Å². The third-order valence-electron chi connectivity index (χ3n) is 4.14. The SMILES string of the molecule is COc1ccc(CC(=O)NCCC(=O)Nc2ccc3c(c2)OCO3)cc1OC. The molecule has 3 rings (SSSR count). The average molecular weight is 386 g/mol. The quantitative estimate of drug-likeness (QED) is 0.722. The van der Waals surface area contributed by atoms with E-state index in [1.54, 1.807) is 50.6 Å². The first-order valence-electron chi connectivity index (χ1n) is 8.76. The molecule has 0 atom stereocenters. The molecule has 0 spiro atoms. The van der Waals surface area contributed by atoms with Gasteiger partial charge < -0.3 is 29.6 Å². The second-order valence-electron chi connectivity index (χ2n) is 6.08. The van der Waals surface area contributed by atoms with E-state index in [1.807, 2.05) is 0 Å². The molecular formula is C20H22N2O6. The van der Waals surface area contributed by atoms with Crippen LogP contribution in [-0.2, 0) is 16.0 Å². The predicted molar refractivity (Wildman–Crippen MR) is 102 cm³/mol. The summed E-state index contributed by atoms with van der Waals surface area (Å²) in [6, 6.07) is 10.5. The highest BCUT2D eigenvalue weighted by Crippen LogP contribution is 2.34. The Morgan fingerprint density at radius 2 is 1.75 bits per heavy atom. The van der Waals surface area contributed by atoms with Crippen LogP contribution in [0.5, 0.6) is 23.0 Å². The van der Waals surface area contributed by atoms with E-state index in [4.69, 9.17) is 18.9 Å². The van der Waals surface area contributed by atoms with Gasteiger partial charge >= 0.3 is 0 Å². The molecule has 8 heteroatoms. The minimum absolute atomic E-state index is 0.159. The zero-order valence-corrected chi connectivity index (χ0v) is 15.7. The number of benzene rings is 2. The van der Waals surface area contributed by atoms with Crippen molar-refractivity contribution in [1.29, 1.82) is 0 Å². The standard InChI is InChI=1S/C20H22N2O6/c1-25-15-5-3-13(9-17(15)26-2)10-20(24)21-8-7-19(23)22-14-4-6-16-18(11-14)28-12-27-16/h3-6,9,11H,7-8,10,12H2,1-2H3,(H,21,24)(H,22,23). The fourth-order valence-corrected chi connectivity index (χ4v) is 2.75. The van der Waals surface area contributed by atoms with Gasteiger partial charge in [-0.15, -0.1) is 0 Å². The maximum atomic E-state index is 12.1. The summed E-state index contributed by atoms with van der Waals surface area (Å²) < 4.78 is 20.9. The maximum absolute atomic E-state index is 12.1. The molecule has 2 amide bonds. The van der Waals surface area contributed by atoms with Crippen LogP contribution >= 0.6 is 0 Å². The second kappa shape index (κ2) is 8.98. The van der Waals surface area contributed by atoms with Crippen LogP contribution in [0.15, 0.2) is 36.4 Å².